The Labute approximate surface area is 194 Å². The van der Waals surface area contributed by atoms with Gasteiger partial charge in [0.2, 0.25) is 5.89 Å². The van der Waals surface area contributed by atoms with Crippen molar-refractivity contribution in [3.63, 3.8) is 0 Å². The fraction of sp³-hybridized carbons (Fsp3) is 0.550. The van der Waals surface area contributed by atoms with Gasteiger partial charge in [0.05, 0.1) is 0 Å². The van der Waals surface area contributed by atoms with Crippen LogP contribution < -0.4 is 10.6 Å². The molecule has 0 radical (unpaired) electrons. The molecule has 0 aliphatic heterocycles. The number of rotatable bonds is 8. The minimum absolute atomic E-state index is 0. The van der Waals surface area contributed by atoms with Crippen molar-refractivity contribution in [2.75, 3.05) is 20.1 Å². The largest absolute Gasteiger partial charge is 0.356 e. The van der Waals surface area contributed by atoms with Gasteiger partial charge in [-0.3, -0.25) is 4.99 Å². The van der Waals surface area contributed by atoms with Gasteiger partial charge in [-0.2, -0.15) is 4.98 Å². The molecule has 162 valence electrons. The van der Waals surface area contributed by atoms with Crippen LogP contribution >= 0.6 is 35.6 Å². The molecule has 9 heteroatoms. The van der Waals surface area contributed by atoms with E-state index in [1.54, 1.807) is 13.1 Å². The van der Waals surface area contributed by atoms with Gasteiger partial charge in [-0.05, 0) is 24.1 Å². The lowest BCUT2D eigenvalue weighted by Crippen LogP contribution is -2.43. The molecule has 2 aromatic rings. The third-order valence-corrected chi connectivity index (χ3v) is 4.75. The SMILES string of the molecule is CN=C(NCCCc1nc(C(C)C)no1)NCC(C)(C)c1ccc(F)cc1Cl.I. The lowest BCUT2D eigenvalue weighted by molar-refractivity contribution is 0.368. The number of hydrogen-bond acceptors (Lipinski definition) is 4. The summed E-state index contributed by atoms with van der Waals surface area (Å²) >= 11 is 6.21. The maximum absolute atomic E-state index is 13.3. The lowest BCUT2D eigenvalue weighted by atomic mass is 9.84. The predicted octanol–water partition coefficient (Wildman–Crippen LogP) is 4.68. The molecule has 0 amide bonds. The summed E-state index contributed by atoms with van der Waals surface area (Å²) in [6.07, 6.45) is 1.55. The van der Waals surface area contributed by atoms with E-state index in [2.05, 4.69) is 25.8 Å². The highest BCUT2D eigenvalue weighted by Gasteiger charge is 2.24. The monoisotopic (exact) mass is 537 g/mol. The highest BCUT2D eigenvalue weighted by Crippen LogP contribution is 2.29. The van der Waals surface area contributed by atoms with Crippen LogP contribution in [-0.2, 0) is 11.8 Å². The van der Waals surface area contributed by atoms with E-state index in [0.717, 1.165) is 24.4 Å². The number of halogens is 3. The van der Waals surface area contributed by atoms with Crippen molar-refractivity contribution in [3.8, 4) is 0 Å². The molecule has 0 fully saturated rings. The number of nitrogens with one attached hydrogen (secondary N) is 2. The molecule has 0 aliphatic carbocycles. The quantitative estimate of drug-likeness (QED) is 0.221. The molecule has 6 nitrogen and oxygen atoms in total. The summed E-state index contributed by atoms with van der Waals surface area (Å²) in [5.74, 6) is 2.01. The Morgan fingerprint density at radius 1 is 1.31 bits per heavy atom. The summed E-state index contributed by atoms with van der Waals surface area (Å²) in [6.45, 7) is 9.48. The maximum atomic E-state index is 13.3. The first-order valence-corrected chi connectivity index (χ1v) is 9.83. The Kier molecular flexibility index (Phi) is 10.3. The minimum atomic E-state index is -0.336. The molecule has 1 aromatic heterocycles. The molecule has 0 unspecified atom stereocenters. The molecule has 0 atom stereocenters. The molecule has 2 rings (SSSR count). The van der Waals surface area contributed by atoms with E-state index in [4.69, 9.17) is 16.1 Å². The molecule has 0 aliphatic rings. The molecule has 1 aromatic carbocycles. The minimum Gasteiger partial charge on any atom is -0.356 e. The maximum Gasteiger partial charge on any atom is 0.226 e. The number of aromatic nitrogens is 2. The first kappa shape index (κ1) is 25.6. The van der Waals surface area contributed by atoms with E-state index in [-0.39, 0.29) is 41.1 Å². The number of nitrogens with zero attached hydrogens (tertiary/aromatic N) is 3. The Bertz CT molecular complexity index is 810. The highest BCUT2D eigenvalue weighted by atomic mass is 127. The van der Waals surface area contributed by atoms with Crippen LogP contribution in [0.15, 0.2) is 27.7 Å². The summed E-state index contributed by atoms with van der Waals surface area (Å²) in [4.78, 5) is 8.62. The van der Waals surface area contributed by atoms with Crippen molar-refractivity contribution in [1.29, 1.82) is 0 Å². The van der Waals surface area contributed by atoms with Gasteiger partial charge >= 0.3 is 0 Å². The average molecular weight is 538 g/mol. The van der Waals surface area contributed by atoms with Crippen LogP contribution in [-0.4, -0.2) is 36.2 Å². The van der Waals surface area contributed by atoms with Crippen molar-refractivity contribution in [1.82, 2.24) is 20.8 Å². The van der Waals surface area contributed by atoms with Gasteiger partial charge in [0, 0.05) is 42.9 Å². The molecule has 2 N–H and O–H groups in total. The second-order valence-electron chi connectivity index (χ2n) is 7.67. The fourth-order valence-electron chi connectivity index (χ4n) is 2.71. The predicted molar refractivity (Wildman–Crippen MR) is 126 cm³/mol. The standard InChI is InChI=1S/C20H29ClFN5O.HI/c1-13(2)18-26-17(28-27-18)7-6-10-24-19(23-5)25-12-20(3,4)15-9-8-14(22)11-16(15)21;/h8-9,11,13H,6-7,10,12H2,1-5H3,(H2,23,24,25);1H. The number of aryl methyl sites for hydroxylation is 1. The van der Waals surface area contributed by atoms with E-state index in [9.17, 15) is 4.39 Å². The second kappa shape index (κ2) is 11.7. The van der Waals surface area contributed by atoms with Crippen LogP contribution in [0.25, 0.3) is 0 Å². The zero-order chi connectivity index (χ0) is 20.7. The molecular formula is C20H30ClFIN5O. The van der Waals surface area contributed by atoms with Crippen molar-refractivity contribution < 1.29 is 8.91 Å². The fourth-order valence-corrected chi connectivity index (χ4v) is 3.13. The third kappa shape index (κ3) is 7.73. The van der Waals surface area contributed by atoms with Gasteiger partial charge in [0.1, 0.15) is 5.82 Å². The Balaban J connectivity index is 0.00000420. The highest BCUT2D eigenvalue weighted by molar-refractivity contribution is 14.0. The Morgan fingerprint density at radius 2 is 2.03 bits per heavy atom. The van der Waals surface area contributed by atoms with Gasteiger partial charge in [-0.25, -0.2) is 4.39 Å². The van der Waals surface area contributed by atoms with Crippen LogP contribution in [0.5, 0.6) is 0 Å². The first-order chi connectivity index (χ1) is 13.2. The van der Waals surface area contributed by atoms with E-state index < -0.39 is 0 Å². The van der Waals surface area contributed by atoms with E-state index in [0.29, 0.717) is 29.8 Å². The number of benzene rings is 1. The molecule has 0 bridgehead atoms. The van der Waals surface area contributed by atoms with Gasteiger partial charge < -0.3 is 15.2 Å². The van der Waals surface area contributed by atoms with Gasteiger partial charge in [0.25, 0.3) is 0 Å². The molecular weight excluding hydrogens is 508 g/mol. The molecule has 0 spiro atoms. The van der Waals surface area contributed by atoms with E-state index in [1.165, 1.54) is 12.1 Å². The van der Waals surface area contributed by atoms with E-state index in [1.807, 2.05) is 27.7 Å². The van der Waals surface area contributed by atoms with Crippen LogP contribution in [0.3, 0.4) is 0 Å². The van der Waals surface area contributed by atoms with Crippen molar-refractivity contribution in [2.24, 2.45) is 4.99 Å². The summed E-state index contributed by atoms with van der Waals surface area (Å²) in [6, 6.07) is 4.50. The Hall–Kier alpha value is -1.42. The molecule has 0 saturated carbocycles. The smallest absolute Gasteiger partial charge is 0.226 e. The van der Waals surface area contributed by atoms with E-state index >= 15 is 0 Å². The van der Waals surface area contributed by atoms with Crippen molar-refractivity contribution in [3.05, 3.63) is 46.3 Å². The van der Waals surface area contributed by atoms with Crippen molar-refractivity contribution >= 4 is 41.5 Å². The lowest BCUT2D eigenvalue weighted by Gasteiger charge is -2.27. The van der Waals surface area contributed by atoms with Gasteiger partial charge in [-0.1, -0.05) is 50.5 Å². The Morgan fingerprint density at radius 3 is 2.62 bits per heavy atom. The molecule has 0 saturated heterocycles. The number of aliphatic imine (C=N–C) groups is 1. The molecule has 29 heavy (non-hydrogen) atoms. The van der Waals surface area contributed by atoms with Crippen LogP contribution in [0.1, 0.15) is 57.3 Å². The summed E-state index contributed by atoms with van der Waals surface area (Å²) < 4.78 is 18.5. The van der Waals surface area contributed by atoms with Gasteiger partial charge in [-0.15, -0.1) is 24.0 Å². The zero-order valence-corrected chi connectivity index (χ0v) is 20.6. The first-order valence-electron chi connectivity index (χ1n) is 9.45. The number of hydrogen-bond donors (Lipinski definition) is 2. The second-order valence-corrected chi connectivity index (χ2v) is 8.07. The number of guanidine groups is 1. The third-order valence-electron chi connectivity index (χ3n) is 4.44. The van der Waals surface area contributed by atoms with Gasteiger partial charge in [0.15, 0.2) is 11.8 Å². The average Bonchev–Trinajstić information content (AvgIpc) is 3.10. The summed E-state index contributed by atoms with van der Waals surface area (Å²) in [7, 11) is 1.72. The molecule has 1 heterocycles. The topological polar surface area (TPSA) is 75.3 Å². The van der Waals surface area contributed by atoms with Crippen LogP contribution in [0.4, 0.5) is 4.39 Å². The van der Waals surface area contributed by atoms with Crippen LogP contribution in [0.2, 0.25) is 5.02 Å². The van der Waals surface area contributed by atoms with Crippen LogP contribution in [0, 0.1) is 5.82 Å². The van der Waals surface area contributed by atoms with Crippen molar-refractivity contribution in [2.45, 2.75) is 51.9 Å². The normalized spacial score (nSPS) is 12.1. The summed E-state index contributed by atoms with van der Waals surface area (Å²) in [5, 5.41) is 11.0. The zero-order valence-electron chi connectivity index (χ0n) is 17.6. The summed E-state index contributed by atoms with van der Waals surface area (Å²) in [5.41, 5.74) is 0.593.